The maximum absolute atomic E-state index is 11.5. The first kappa shape index (κ1) is 12.2. The van der Waals surface area contributed by atoms with Gasteiger partial charge in [0, 0.05) is 5.54 Å². The lowest BCUT2D eigenvalue weighted by molar-refractivity contribution is 0.553. The van der Waals surface area contributed by atoms with Crippen LogP contribution in [0.2, 0.25) is 0 Å². The molecular weight excluding hydrogens is 210 g/mol. The Labute approximate surface area is 91.2 Å². The summed E-state index contributed by atoms with van der Waals surface area (Å²) in [6.07, 6.45) is 0. The van der Waals surface area contributed by atoms with Crippen molar-refractivity contribution in [1.29, 1.82) is 0 Å². The fourth-order valence-electron chi connectivity index (χ4n) is 1.26. The van der Waals surface area contributed by atoms with E-state index in [9.17, 15) is 8.42 Å². The molecule has 0 bridgehead atoms. The van der Waals surface area contributed by atoms with Crippen molar-refractivity contribution >= 4 is 9.84 Å². The van der Waals surface area contributed by atoms with Gasteiger partial charge in [0.1, 0.15) is 0 Å². The van der Waals surface area contributed by atoms with Crippen LogP contribution in [0.25, 0.3) is 0 Å². The van der Waals surface area contributed by atoms with Crippen molar-refractivity contribution in [2.45, 2.75) is 31.2 Å². The first-order valence-electron chi connectivity index (χ1n) is 4.89. The van der Waals surface area contributed by atoms with Crippen LogP contribution in [-0.4, -0.2) is 14.2 Å². The molecule has 4 heteroatoms. The molecule has 3 nitrogen and oxygen atoms in total. The quantitative estimate of drug-likeness (QED) is 0.854. The molecule has 0 radical (unpaired) electrons. The number of benzene rings is 1. The minimum absolute atomic E-state index is 0.123. The molecular formula is C11H17NO2S. The van der Waals surface area contributed by atoms with E-state index in [-0.39, 0.29) is 5.75 Å². The molecule has 1 aromatic carbocycles. The number of sulfone groups is 1. The highest BCUT2D eigenvalue weighted by atomic mass is 32.2. The van der Waals surface area contributed by atoms with Crippen molar-refractivity contribution in [3.63, 3.8) is 0 Å². The van der Waals surface area contributed by atoms with Crippen molar-refractivity contribution in [2.75, 3.05) is 5.75 Å². The molecule has 1 rings (SSSR count). The van der Waals surface area contributed by atoms with Gasteiger partial charge < -0.3 is 5.73 Å². The van der Waals surface area contributed by atoms with Gasteiger partial charge in [0.25, 0.3) is 0 Å². The second kappa shape index (κ2) is 3.94. The van der Waals surface area contributed by atoms with Gasteiger partial charge in [0.15, 0.2) is 9.84 Å². The smallest absolute Gasteiger partial charge is 0.178 e. The predicted molar refractivity (Wildman–Crippen MR) is 61.4 cm³/mol. The second-order valence-electron chi connectivity index (χ2n) is 4.15. The zero-order valence-electron chi connectivity index (χ0n) is 9.32. The van der Waals surface area contributed by atoms with Crippen LogP contribution < -0.4 is 5.73 Å². The molecule has 0 fully saturated rings. The standard InChI is InChI=1S/C11H17NO2S/c1-4-15(13,14)10-7-5-9(6-8-10)11(2,3)12/h5-8H,4,12H2,1-3H3. The summed E-state index contributed by atoms with van der Waals surface area (Å²) < 4.78 is 23.1. The molecule has 1 aromatic rings. The molecule has 0 aliphatic heterocycles. The highest BCUT2D eigenvalue weighted by Gasteiger charge is 2.16. The number of nitrogens with two attached hydrogens (primary N) is 1. The lowest BCUT2D eigenvalue weighted by Gasteiger charge is -2.19. The molecule has 2 N–H and O–H groups in total. The highest BCUT2D eigenvalue weighted by Crippen LogP contribution is 2.19. The van der Waals surface area contributed by atoms with Gasteiger partial charge in [-0.25, -0.2) is 8.42 Å². The van der Waals surface area contributed by atoms with Gasteiger partial charge >= 0.3 is 0 Å². The Morgan fingerprint density at radius 1 is 1.20 bits per heavy atom. The zero-order valence-corrected chi connectivity index (χ0v) is 10.1. The Morgan fingerprint density at radius 3 is 2.00 bits per heavy atom. The largest absolute Gasteiger partial charge is 0.322 e. The van der Waals surface area contributed by atoms with E-state index in [2.05, 4.69) is 0 Å². The van der Waals surface area contributed by atoms with Crippen molar-refractivity contribution in [2.24, 2.45) is 5.73 Å². The van der Waals surface area contributed by atoms with Crippen molar-refractivity contribution in [3.05, 3.63) is 29.8 Å². The van der Waals surface area contributed by atoms with Gasteiger partial charge in [-0.15, -0.1) is 0 Å². The minimum Gasteiger partial charge on any atom is -0.322 e. The van der Waals surface area contributed by atoms with Crippen molar-refractivity contribution in [1.82, 2.24) is 0 Å². The van der Waals surface area contributed by atoms with Crippen LogP contribution in [0, 0.1) is 0 Å². The maximum atomic E-state index is 11.5. The summed E-state index contributed by atoms with van der Waals surface area (Å²) in [6, 6.07) is 6.76. The van der Waals surface area contributed by atoms with E-state index in [0.29, 0.717) is 4.90 Å². The first-order valence-corrected chi connectivity index (χ1v) is 6.55. The Hall–Kier alpha value is -0.870. The molecule has 0 amide bonds. The highest BCUT2D eigenvalue weighted by molar-refractivity contribution is 7.91. The van der Waals surface area contributed by atoms with E-state index < -0.39 is 15.4 Å². The average molecular weight is 227 g/mol. The van der Waals surface area contributed by atoms with Crippen LogP contribution in [-0.2, 0) is 15.4 Å². The third-order valence-electron chi connectivity index (χ3n) is 2.34. The average Bonchev–Trinajstić information content (AvgIpc) is 2.17. The second-order valence-corrected chi connectivity index (χ2v) is 6.43. The first-order chi connectivity index (χ1) is 6.77. The van der Waals surface area contributed by atoms with Crippen LogP contribution in [0.5, 0.6) is 0 Å². The van der Waals surface area contributed by atoms with E-state index in [1.807, 2.05) is 13.8 Å². The van der Waals surface area contributed by atoms with Gasteiger partial charge in [0.05, 0.1) is 10.6 Å². The molecule has 0 aromatic heterocycles. The molecule has 0 saturated heterocycles. The molecule has 84 valence electrons. The summed E-state index contributed by atoms with van der Waals surface area (Å²) >= 11 is 0. The van der Waals surface area contributed by atoms with E-state index in [4.69, 9.17) is 5.73 Å². The summed E-state index contributed by atoms with van der Waals surface area (Å²) in [4.78, 5) is 0.359. The molecule has 0 atom stereocenters. The number of hydrogen-bond donors (Lipinski definition) is 1. The van der Waals surface area contributed by atoms with Crippen molar-refractivity contribution < 1.29 is 8.42 Å². The SMILES string of the molecule is CCS(=O)(=O)c1ccc(C(C)(C)N)cc1. The molecule has 0 saturated carbocycles. The molecule has 15 heavy (non-hydrogen) atoms. The molecule has 0 spiro atoms. The fourth-order valence-corrected chi connectivity index (χ4v) is 2.14. The third kappa shape index (κ3) is 2.79. The Morgan fingerprint density at radius 2 is 1.67 bits per heavy atom. The van der Waals surface area contributed by atoms with Gasteiger partial charge in [-0.05, 0) is 31.5 Å². The van der Waals surface area contributed by atoms with Gasteiger partial charge in [-0.3, -0.25) is 0 Å². The van der Waals surface area contributed by atoms with Crippen molar-refractivity contribution in [3.8, 4) is 0 Å². The third-order valence-corrected chi connectivity index (χ3v) is 4.09. The summed E-state index contributed by atoms with van der Waals surface area (Å²) in [7, 11) is -3.10. The fraction of sp³-hybridized carbons (Fsp3) is 0.455. The summed E-state index contributed by atoms with van der Waals surface area (Å²) in [6.45, 7) is 5.41. The van der Waals surface area contributed by atoms with Gasteiger partial charge in [0.2, 0.25) is 0 Å². The van der Waals surface area contributed by atoms with Gasteiger partial charge in [-0.1, -0.05) is 19.1 Å². The monoisotopic (exact) mass is 227 g/mol. The summed E-state index contributed by atoms with van der Waals surface area (Å²) in [5.41, 5.74) is 6.39. The van der Waals surface area contributed by atoms with Crippen LogP contribution >= 0.6 is 0 Å². The predicted octanol–water partition coefficient (Wildman–Crippen LogP) is 1.67. The van der Waals surface area contributed by atoms with E-state index >= 15 is 0 Å². The Bertz CT molecular complexity index is 427. The minimum atomic E-state index is -3.10. The number of rotatable bonds is 3. The van der Waals surface area contributed by atoms with E-state index in [1.54, 1.807) is 31.2 Å². The van der Waals surface area contributed by atoms with Crippen LogP contribution in [0.1, 0.15) is 26.3 Å². The van der Waals surface area contributed by atoms with Crippen LogP contribution in [0.3, 0.4) is 0 Å². The molecule has 0 aliphatic rings. The summed E-state index contributed by atoms with van der Waals surface area (Å²) in [5.74, 6) is 0.123. The Balaban J connectivity index is 3.12. The summed E-state index contributed by atoms with van der Waals surface area (Å²) in [5, 5.41) is 0. The molecule has 0 aliphatic carbocycles. The Kier molecular flexibility index (Phi) is 3.21. The normalized spacial score (nSPS) is 12.8. The number of hydrogen-bond acceptors (Lipinski definition) is 3. The topological polar surface area (TPSA) is 60.2 Å². The van der Waals surface area contributed by atoms with Crippen LogP contribution in [0.4, 0.5) is 0 Å². The zero-order chi connectivity index (χ0) is 11.7. The van der Waals surface area contributed by atoms with E-state index in [0.717, 1.165) is 5.56 Å². The van der Waals surface area contributed by atoms with Crippen LogP contribution in [0.15, 0.2) is 29.2 Å². The molecule has 0 heterocycles. The van der Waals surface area contributed by atoms with E-state index in [1.165, 1.54) is 0 Å². The lowest BCUT2D eigenvalue weighted by Crippen LogP contribution is -2.28. The molecule has 0 unspecified atom stereocenters. The van der Waals surface area contributed by atoms with Gasteiger partial charge in [-0.2, -0.15) is 0 Å². The maximum Gasteiger partial charge on any atom is 0.178 e. The lowest BCUT2D eigenvalue weighted by atomic mass is 9.96.